The summed E-state index contributed by atoms with van der Waals surface area (Å²) in [5.41, 5.74) is 0.301. The number of hydrogen-bond donors (Lipinski definition) is 0. The molecule has 0 N–H and O–H groups in total. The van der Waals surface area contributed by atoms with Crippen LogP contribution in [0.15, 0.2) is 30.6 Å². The summed E-state index contributed by atoms with van der Waals surface area (Å²) in [6, 6.07) is 5.00. The van der Waals surface area contributed by atoms with Crippen molar-refractivity contribution in [3.63, 3.8) is 0 Å². The van der Waals surface area contributed by atoms with E-state index in [-0.39, 0.29) is 12.3 Å². The maximum Gasteiger partial charge on any atom is 0.490 e. The van der Waals surface area contributed by atoms with E-state index in [0.717, 1.165) is 23.1 Å². The highest BCUT2D eigenvalue weighted by atomic mass is 19.1. The van der Waals surface area contributed by atoms with Crippen LogP contribution >= 0.6 is 0 Å². The van der Waals surface area contributed by atoms with E-state index in [1.165, 1.54) is 12.1 Å². The maximum absolute atomic E-state index is 12.7. The molecular formula is C10H7FN4O3. The van der Waals surface area contributed by atoms with Gasteiger partial charge in [0.2, 0.25) is 6.33 Å². The van der Waals surface area contributed by atoms with Gasteiger partial charge in [0.1, 0.15) is 12.4 Å². The maximum atomic E-state index is 12.7. The van der Waals surface area contributed by atoms with Gasteiger partial charge in [0.25, 0.3) is 0 Å². The first kappa shape index (κ1) is 11.8. The lowest BCUT2D eigenvalue weighted by Crippen LogP contribution is -2.11. The molecule has 0 unspecified atom stereocenters. The molecule has 0 aliphatic rings. The zero-order valence-electron chi connectivity index (χ0n) is 8.99. The highest BCUT2D eigenvalue weighted by molar-refractivity contribution is 5.95. The van der Waals surface area contributed by atoms with Crippen LogP contribution in [0, 0.1) is 15.9 Å². The topological polar surface area (TPSA) is 90.9 Å². The average Bonchev–Trinajstić information content (AvgIpc) is 2.78. The van der Waals surface area contributed by atoms with Gasteiger partial charge < -0.3 is 10.1 Å². The van der Waals surface area contributed by atoms with Gasteiger partial charge in [-0.1, -0.05) is 4.98 Å². The smallest absolute Gasteiger partial charge is 0.390 e. The van der Waals surface area contributed by atoms with Crippen LogP contribution in [0.25, 0.3) is 0 Å². The Morgan fingerprint density at radius 3 is 2.61 bits per heavy atom. The number of carbonyl (C=O) groups excluding carboxylic acids is 1. The molecule has 0 saturated carbocycles. The monoisotopic (exact) mass is 250 g/mol. The first-order valence-corrected chi connectivity index (χ1v) is 4.89. The molecule has 0 amide bonds. The second kappa shape index (κ2) is 4.70. The third-order valence-corrected chi connectivity index (χ3v) is 2.16. The minimum absolute atomic E-state index is 0.188. The second-order valence-electron chi connectivity index (χ2n) is 3.43. The van der Waals surface area contributed by atoms with Crippen LogP contribution in [0.3, 0.4) is 0 Å². The molecule has 2 aromatic rings. The molecule has 0 aliphatic carbocycles. The van der Waals surface area contributed by atoms with Crippen molar-refractivity contribution in [1.29, 1.82) is 0 Å². The first-order valence-electron chi connectivity index (χ1n) is 4.89. The number of nitrogens with zero attached hydrogens (tertiary/aromatic N) is 4. The molecule has 1 heterocycles. The molecule has 2 rings (SSSR count). The number of ketones is 1. The largest absolute Gasteiger partial charge is 0.490 e. The molecule has 7 nitrogen and oxygen atoms in total. The number of nitro groups is 1. The molecule has 1 aromatic heterocycles. The third kappa shape index (κ3) is 2.54. The minimum atomic E-state index is -0.751. The Kier molecular flexibility index (Phi) is 3.09. The molecule has 92 valence electrons. The van der Waals surface area contributed by atoms with E-state index in [1.54, 1.807) is 0 Å². The van der Waals surface area contributed by atoms with Crippen LogP contribution in [-0.2, 0) is 6.54 Å². The molecule has 0 radical (unpaired) electrons. The molecule has 0 bridgehead atoms. The summed E-state index contributed by atoms with van der Waals surface area (Å²) in [7, 11) is 0. The summed E-state index contributed by atoms with van der Waals surface area (Å²) < 4.78 is 13.7. The number of rotatable bonds is 4. The minimum Gasteiger partial charge on any atom is -0.390 e. The van der Waals surface area contributed by atoms with Crippen LogP contribution in [0.4, 0.5) is 10.3 Å². The number of hydrogen-bond acceptors (Lipinski definition) is 5. The highest BCUT2D eigenvalue weighted by Gasteiger charge is 2.16. The van der Waals surface area contributed by atoms with Gasteiger partial charge in [-0.3, -0.25) is 4.79 Å². The highest BCUT2D eigenvalue weighted by Crippen LogP contribution is 2.06. The van der Waals surface area contributed by atoms with E-state index in [0.29, 0.717) is 5.56 Å². The van der Waals surface area contributed by atoms with Gasteiger partial charge in [-0.15, -0.1) is 0 Å². The van der Waals surface area contributed by atoms with E-state index in [2.05, 4.69) is 10.1 Å². The van der Waals surface area contributed by atoms with Crippen LogP contribution < -0.4 is 0 Å². The fourth-order valence-corrected chi connectivity index (χ4v) is 1.32. The summed E-state index contributed by atoms with van der Waals surface area (Å²) in [6.07, 6.45) is 1.10. The molecule has 0 saturated heterocycles. The predicted octanol–water partition coefficient (Wildman–Crippen LogP) is 1.21. The van der Waals surface area contributed by atoms with Gasteiger partial charge in [0.15, 0.2) is 5.78 Å². The van der Waals surface area contributed by atoms with Crippen LogP contribution in [0.2, 0.25) is 0 Å². The van der Waals surface area contributed by atoms with Gasteiger partial charge in [0, 0.05) is 10.7 Å². The van der Waals surface area contributed by atoms with Gasteiger partial charge in [-0.2, -0.15) is 4.68 Å². The van der Waals surface area contributed by atoms with Crippen molar-refractivity contribution in [3.8, 4) is 0 Å². The van der Waals surface area contributed by atoms with Crippen molar-refractivity contribution in [2.45, 2.75) is 6.54 Å². The Bertz CT molecular complexity index is 593. The molecule has 18 heavy (non-hydrogen) atoms. The van der Waals surface area contributed by atoms with Gasteiger partial charge in [-0.05, 0) is 29.2 Å². The summed E-state index contributed by atoms with van der Waals surface area (Å²) in [5.74, 6) is -1.35. The van der Waals surface area contributed by atoms with Crippen molar-refractivity contribution < 1.29 is 14.1 Å². The number of Topliss-reactive ketones (excluding diaryl/α,β-unsaturated/α-hetero) is 1. The first-order chi connectivity index (χ1) is 8.56. The van der Waals surface area contributed by atoms with Gasteiger partial charge in [-0.25, -0.2) is 4.39 Å². The summed E-state index contributed by atoms with van der Waals surface area (Å²) in [5, 5.41) is 13.9. The molecule has 0 spiro atoms. The number of carbonyl (C=O) groups is 1. The SMILES string of the molecule is O=C(Cn1cnc([N+](=O)[O-])n1)c1ccc(F)cc1. The normalized spacial score (nSPS) is 10.3. The van der Waals surface area contributed by atoms with Crippen molar-refractivity contribution in [2.75, 3.05) is 0 Å². The van der Waals surface area contributed by atoms with Crippen LogP contribution in [0.1, 0.15) is 10.4 Å². The van der Waals surface area contributed by atoms with Crippen molar-refractivity contribution in [1.82, 2.24) is 14.8 Å². The molecular weight excluding hydrogens is 243 g/mol. The van der Waals surface area contributed by atoms with Crippen molar-refractivity contribution in [2.24, 2.45) is 0 Å². The average molecular weight is 250 g/mol. The fraction of sp³-hybridized carbons (Fsp3) is 0.100. The number of benzene rings is 1. The second-order valence-corrected chi connectivity index (χ2v) is 3.43. The predicted molar refractivity (Wildman–Crippen MR) is 57.4 cm³/mol. The summed E-state index contributed by atoms with van der Waals surface area (Å²) in [6.45, 7) is -0.188. The molecule has 1 aromatic carbocycles. The summed E-state index contributed by atoms with van der Waals surface area (Å²) in [4.78, 5) is 24.7. The number of halogens is 1. The number of aromatic nitrogens is 3. The summed E-state index contributed by atoms with van der Waals surface area (Å²) >= 11 is 0. The lowest BCUT2D eigenvalue weighted by molar-refractivity contribution is -0.394. The van der Waals surface area contributed by atoms with Gasteiger partial charge in [0.05, 0.1) is 0 Å². The van der Waals surface area contributed by atoms with E-state index in [4.69, 9.17) is 0 Å². The lowest BCUT2D eigenvalue weighted by Gasteiger charge is -1.98. The molecule has 0 aliphatic heterocycles. The molecule has 0 atom stereocenters. The Morgan fingerprint density at radius 1 is 1.39 bits per heavy atom. The Labute approximate surface area is 100 Å². The van der Waals surface area contributed by atoms with Crippen LogP contribution in [0.5, 0.6) is 0 Å². The van der Waals surface area contributed by atoms with Gasteiger partial charge >= 0.3 is 5.95 Å². The Hall–Kier alpha value is -2.64. The zero-order chi connectivity index (χ0) is 13.1. The van der Waals surface area contributed by atoms with E-state index in [1.807, 2.05) is 0 Å². The fourth-order valence-electron chi connectivity index (χ4n) is 1.32. The van der Waals surface area contributed by atoms with E-state index < -0.39 is 16.7 Å². The van der Waals surface area contributed by atoms with E-state index >= 15 is 0 Å². The van der Waals surface area contributed by atoms with Crippen LogP contribution in [-0.4, -0.2) is 25.5 Å². The third-order valence-electron chi connectivity index (χ3n) is 2.16. The zero-order valence-corrected chi connectivity index (χ0v) is 8.99. The van der Waals surface area contributed by atoms with Crippen molar-refractivity contribution in [3.05, 3.63) is 52.1 Å². The van der Waals surface area contributed by atoms with E-state index in [9.17, 15) is 19.3 Å². The standard InChI is InChI=1S/C10H7FN4O3/c11-8-3-1-7(2-4-8)9(16)5-14-6-12-10(13-14)15(17)18/h1-4,6H,5H2. The Morgan fingerprint density at radius 2 is 2.06 bits per heavy atom. The molecule has 0 fully saturated rings. The van der Waals surface area contributed by atoms with Crippen molar-refractivity contribution >= 4 is 11.7 Å². The molecule has 8 heteroatoms. The Balaban J connectivity index is 2.11. The quantitative estimate of drug-likeness (QED) is 0.462. The lowest BCUT2D eigenvalue weighted by atomic mass is 10.1.